The van der Waals surface area contributed by atoms with E-state index in [1.807, 2.05) is 18.2 Å². The minimum atomic E-state index is -1.70. The third kappa shape index (κ3) is 8.61. The highest BCUT2D eigenvalue weighted by molar-refractivity contribution is 5.95. The molecule has 0 fully saturated rings. The number of aliphatic carboxylic acids is 2. The molecule has 0 saturated heterocycles. The molecule has 5 unspecified atom stereocenters. The zero-order valence-corrected chi connectivity index (χ0v) is 22.2. The number of hydrogen-bond donors (Lipinski definition) is 9. The molecule has 220 valence electrons. The van der Waals surface area contributed by atoms with Gasteiger partial charge in [0.05, 0.1) is 18.5 Å². The van der Waals surface area contributed by atoms with Gasteiger partial charge in [0, 0.05) is 48.3 Å². The molecule has 15 heteroatoms. The van der Waals surface area contributed by atoms with Crippen LogP contribution < -0.4 is 21.7 Å². The largest absolute Gasteiger partial charge is 0.481 e. The fraction of sp³-hybridized carbons (Fsp3) is 0.385. The molecule has 3 amide bonds. The summed E-state index contributed by atoms with van der Waals surface area (Å²) in [5, 5.41) is 36.1. The molecule has 2 heterocycles. The lowest BCUT2D eigenvalue weighted by molar-refractivity contribution is -0.145. The summed E-state index contributed by atoms with van der Waals surface area (Å²) >= 11 is 0. The van der Waals surface area contributed by atoms with E-state index in [9.17, 15) is 34.2 Å². The van der Waals surface area contributed by atoms with Gasteiger partial charge in [-0.1, -0.05) is 18.2 Å². The van der Waals surface area contributed by atoms with Gasteiger partial charge in [0.15, 0.2) is 6.04 Å². The Bertz CT molecular complexity index is 1370. The topological polar surface area (TPSA) is 253 Å². The van der Waals surface area contributed by atoms with Crippen molar-refractivity contribution in [1.82, 2.24) is 30.9 Å². The van der Waals surface area contributed by atoms with Crippen molar-refractivity contribution in [3.63, 3.8) is 0 Å². The van der Waals surface area contributed by atoms with Crippen molar-refractivity contribution in [2.75, 3.05) is 0 Å². The molecule has 15 nitrogen and oxygen atoms in total. The third-order valence-corrected chi connectivity index (χ3v) is 6.39. The van der Waals surface area contributed by atoms with Crippen LogP contribution in [0.3, 0.4) is 0 Å². The number of carbonyl (C=O) groups excluding carboxylic acids is 3. The minimum Gasteiger partial charge on any atom is -0.481 e. The van der Waals surface area contributed by atoms with Crippen LogP contribution in [0.5, 0.6) is 0 Å². The highest BCUT2D eigenvalue weighted by Crippen LogP contribution is 2.19. The summed E-state index contributed by atoms with van der Waals surface area (Å²) in [5.74, 6) is -5.28. The van der Waals surface area contributed by atoms with Gasteiger partial charge in [-0.15, -0.1) is 0 Å². The van der Waals surface area contributed by atoms with Crippen LogP contribution in [0.2, 0.25) is 0 Å². The smallest absolute Gasteiger partial charge is 0.328 e. The molecule has 0 spiro atoms. The monoisotopic (exact) mass is 571 g/mol. The van der Waals surface area contributed by atoms with Gasteiger partial charge in [-0.25, -0.2) is 9.78 Å². The van der Waals surface area contributed by atoms with Gasteiger partial charge in [0.1, 0.15) is 12.1 Å². The standard InChI is InChI=1S/C26H33N7O8/c1-13(34)22(26(40)41)33-24(38)19(6-7-21(35)36)31-25(39)20(8-14-10-29-18-5-3-2-4-16(14)18)32-23(37)17(27)9-15-11-28-12-30-15/h2-5,10-13,17,19-20,22,29,34H,6-9,27H2,1H3,(H,28,30)(H,31,39)(H,32,37)(H,33,38)(H,35,36)(H,40,41). The molecule has 0 aliphatic carbocycles. The van der Waals surface area contributed by atoms with Crippen LogP contribution in [0.1, 0.15) is 31.0 Å². The van der Waals surface area contributed by atoms with Gasteiger partial charge in [-0.3, -0.25) is 19.2 Å². The maximum Gasteiger partial charge on any atom is 0.328 e. The molecular formula is C26H33N7O8. The number of rotatable bonds is 15. The van der Waals surface area contributed by atoms with Crippen LogP contribution in [0.25, 0.3) is 10.9 Å². The molecule has 5 atom stereocenters. The van der Waals surface area contributed by atoms with Crippen molar-refractivity contribution < 1.29 is 39.3 Å². The van der Waals surface area contributed by atoms with Crippen molar-refractivity contribution >= 4 is 40.6 Å². The second-order valence-corrected chi connectivity index (χ2v) is 9.57. The number of carboxylic acid groups (broad SMARTS) is 2. The first-order valence-electron chi connectivity index (χ1n) is 12.8. The number of fused-ring (bicyclic) bond motifs is 1. The molecule has 2 aromatic heterocycles. The second kappa shape index (κ2) is 14.0. The minimum absolute atomic E-state index is 0.0168. The van der Waals surface area contributed by atoms with E-state index >= 15 is 0 Å². The van der Waals surface area contributed by atoms with Crippen LogP contribution in [0.4, 0.5) is 0 Å². The van der Waals surface area contributed by atoms with Crippen LogP contribution in [0, 0.1) is 0 Å². The number of nitrogens with two attached hydrogens (primary N) is 1. The number of aromatic amines is 2. The van der Waals surface area contributed by atoms with E-state index in [0.29, 0.717) is 11.3 Å². The second-order valence-electron chi connectivity index (χ2n) is 9.57. The van der Waals surface area contributed by atoms with E-state index in [0.717, 1.165) is 17.8 Å². The summed E-state index contributed by atoms with van der Waals surface area (Å²) in [5.41, 5.74) is 8.12. The molecule has 0 aliphatic rings. The number of carbonyl (C=O) groups is 5. The summed E-state index contributed by atoms with van der Waals surface area (Å²) < 4.78 is 0. The summed E-state index contributed by atoms with van der Waals surface area (Å²) in [6, 6.07) is 1.80. The van der Waals surface area contributed by atoms with Crippen LogP contribution in [0.15, 0.2) is 43.0 Å². The van der Waals surface area contributed by atoms with Gasteiger partial charge in [-0.2, -0.15) is 0 Å². The van der Waals surface area contributed by atoms with E-state index in [-0.39, 0.29) is 19.3 Å². The number of nitrogens with zero attached hydrogens (tertiary/aromatic N) is 1. The van der Waals surface area contributed by atoms with Gasteiger partial charge in [0.2, 0.25) is 17.7 Å². The van der Waals surface area contributed by atoms with Crippen LogP contribution in [-0.2, 0) is 36.8 Å². The number of para-hydroxylation sites is 1. The lowest BCUT2D eigenvalue weighted by atomic mass is 10.0. The quantitative estimate of drug-likeness (QED) is 0.105. The predicted molar refractivity (Wildman–Crippen MR) is 144 cm³/mol. The Kier molecular flexibility index (Phi) is 10.5. The average molecular weight is 572 g/mol. The molecule has 3 aromatic rings. The number of amides is 3. The van der Waals surface area contributed by atoms with Crippen LogP contribution in [-0.4, -0.2) is 90.2 Å². The van der Waals surface area contributed by atoms with Gasteiger partial charge in [0.25, 0.3) is 0 Å². The fourth-order valence-corrected chi connectivity index (χ4v) is 4.19. The Morgan fingerprint density at radius 2 is 1.63 bits per heavy atom. The molecule has 0 saturated carbocycles. The molecule has 1 aromatic carbocycles. The van der Waals surface area contributed by atoms with E-state index in [1.165, 1.54) is 12.5 Å². The van der Waals surface area contributed by atoms with Crippen molar-refractivity contribution in [2.24, 2.45) is 5.73 Å². The highest BCUT2D eigenvalue weighted by Gasteiger charge is 2.32. The molecule has 0 bridgehead atoms. The first-order chi connectivity index (χ1) is 19.5. The first-order valence-corrected chi connectivity index (χ1v) is 12.8. The average Bonchev–Trinajstić information content (AvgIpc) is 3.58. The van der Waals surface area contributed by atoms with Gasteiger partial charge >= 0.3 is 11.9 Å². The SMILES string of the molecule is CC(O)C(NC(=O)C(CCC(=O)O)NC(=O)C(Cc1c[nH]c2ccccc12)NC(=O)C(N)Cc1cnc[nH]1)C(=O)O. The number of imidazole rings is 1. The van der Waals surface area contributed by atoms with E-state index < -0.39 is 66.4 Å². The van der Waals surface area contributed by atoms with E-state index in [2.05, 4.69) is 30.9 Å². The number of nitrogens with one attached hydrogen (secondary N) is 5. The molecular weight excluding hydrogens is 538 g/mol. The first kappa shape index (κ1) is 30.8. The number of aliphatic hydroxyl groups excluding tert-OH is 1. The summed E-state index contributed by atoms with van der Waals surface area (Å²) in [6.07, 6.45) is 2.32. The number of H-pyrrole nitrogens is 2. The fourth-order valence-electron chi connectivity index (χ4n) is 4.19. The number of benzene rings is 1. The molecule has 10 N–H and O–H groups in total. The number of aliphatic hydroxyl groups is 1. The zero-order chi connectivity index (χ0) is 30.1. The lowest BCUT2D eigenvalue weighted by Crippen LogP contribution is -2.58. The Morgan fingerprint density at radius 3 is 2.27 bits per heavy atom. The predicted octanol–water partition coefficient (Wildman–Crippen LogP) is -1.21. The molecule has 0 radical (unpaired) electrons. The molecule has 41 heavy (non-hydrogen) atoms. The Balaban J connectivity index is 1.84. The maximum absolute atomic E-state index is 13.5. The van der Waals surface area contributed by atoms with Gasteiger partial charge < -0.3 is 47.0 Å². The van der Waals surface area contributed by atoms with E-state index in [1.54, 1.807) is 12.3 Å². The van der Waals surface area contributed by atoms with Gasteiger partial charge in [-0.05, 0) is 25.0 Å². The van der Waals surface area contributed by atoms with Crippen molar-refractivity contribution in [1.29, 1.82) is 0 Å². The summed E-state index contributed by atoms with van der Waals surface area (Å²) in [6.45, 7) is 1.16. The van der Waals surface area contributed by atoms with Crippen LogP contribution >= 0.6 is 0 Å². The lowest BCUT2D eigenvalue weighted by Gasteiger charge is -2.25. The Hall–Kier alpha value is -4.76. The number of hydrogen-bond acceptors (Lipinski definition) is 8. The normalized spacial score (nSPS) is 14.8. The molecule has 0 aliphatic heterocycles. The Labute approximate surface area is 233 Å². The molecule has 3 rings (SSSR count). The number of carboxylic acids is 2. The summed E-state index contributed by atoms with van der Waals surface area (Å²) in [7, 11) is 0. The van der Waals surface area contributed by atoms with Crippen molar-refractivity contribution in [3.05, 3.63) is 54.2 Å². The maximum atomic E-state index is 13.5. The van der Waals surface area contributed by atoms with E-state index in [4.69, 9.17) is 10.8 Å². The van der Waals surface area contributed by atoms with Crippen molar-refractivity contribution in [2.45, 2.75) is 62.9 Å². The third-order valence-electron chi connectivity index (χ3n) is 6.39. The highest BCUT2D eigenvalue weighted by atomic mass is 16.4. The Morgan fingerprint density at radius 1 is 0.951 bits per heavy atom. The van der Waals surface area contributed by atoms with Crippen molar-refractivity contribution in [3.8, 4) is 0 Å². The summed E-state index contributed by atoms with van der Waals surface area (Å²) in [4.78, 5) is 71.9. The number of aromatic nitrogens is 3. The zero-order valence-electron chi connectivity index (χ0n) is 22.2.